The van der Waals surface area contributed by atoms with Gasteiger partial charge in [-0.2, -0.15) is 8.42 Å². The van der Waals surface area contributed by atoms with Crippen molar-refractivity contribution in [2.45, 2.75) is 71.4 Å². The van der Waals surface area contributed by atoms with E-state index in [1.165, 1.54) is 0 Å². The summed E-state index contributed by atoms with van der Waals surface area (Å²) in [5.74, 6) is 0. The minimum Gasteiger partial charge on any atom is -0.444 e. The fourth-order valence-corrected chi connectivity index (χ4v) is 3.18. The molecule has 0 aliphatic heterocycles. The highest BCUT2D eigenvalue weighted by Crippen LogP contribution is 2.37. The third kappa shape index (κ3) is 10.3. The Morgan fingerprint density at radius 1 is 1.12 bits per heavy atom. The van der Waals surface area contributed by atoms with Crippen LogP contribution in [0.5, 0.6) is 0 Å². The van der Waals surface area contributed by atoms with Gasteiger partial charge in [0.05, 0.1) is 19.0 Å². The van der Waals surface area contributed by atoms with Gasteiger partial charge in [0.1, 0.15) is 5.60 Å². The maximum absolute atomic E-state index is 11.8. The largest absolute Gasteiger partial charge is 0.444 e. The first-order chi connectivity index (χ1) is 10.4. The van der Waals surface area contributed by atoms with Crippen molar-refractivity contribution < 1.29 is 26.6 Å². The van der Waals surface area contributed by atoms with Crippen molar-refractivity contribution in [2.24, 2.45) is 0 Å². The monoisotopic (exact) mass is 383 g/mol. The molecule has 0 fully saturated rings. The van der Waals surface area contributed by atoms with Gasteiger partial charge in [-0.05, 0) is 38.9 Å². The van der Waals surface area contributed by atoms with Crippen LogP contribution in [-0.4, -0.2) is 53.9 Å². The van der Waals surface area contributed by atoms with E-state index >= 15 is 0 Å². The molecule has 0 rings (SSSR count). The molecule has 1 unspecified atom stereocenters. The number of ether oxygens (including phenoxy) is 1. The molecule has 0 aromatic heterocycles. The van der Waals surface area contributed by atoms with E-state index < -0.39 is 36.2 Å². The molecule has 1 atom stereocenters. The number of alkyl carbamates (subject to hydrolysis) is 1. The molecule has 1 N–H and O–H groups in total. The number of rotatable bonds is 7. The first kappa shape index (κ1) is 23.4. The number of carbonyl (C=O) groups is 1. The summed E-state index contributed by atoms with van der Waals surface area (Å²) in [4.78, 5) is 11.8. The lowest BCUT2D eigenvalue weighted by Gasteiger charge is -2.39. The van der Waals surface area contributed by atoms with E-state index in [2.05, 4.69) is 26.1 Å². The van der Waals surface area contributed by atoms with E-state index in [9.17, 15) is 13.2 Å². The second-order valence-electron chi connectivity index (χ2n) is 8.37. The van der Waals surface area contributed by atoms with Gasteiger partial charge in [-0.1, -0.05) is 20.8 Å². The molecule has 0 saturated heterocycles. The lowest BCUT2D eigenvalue weighted by Crippen LogP contribution is -2.49. The van der Waals surface area contributed by atoms with E-state index in [0.717, 1.165) is 6.26 Å². The van der Waals surface area contributed by atoms with Gasteiger partial charge in [0.25, 0.3) is 10.1 Å². The Hall–Kier alpha value is -0.643. The van der Waals surface area contributed by atoms with E-state index in [1.807, 2.05) is 13.1 Å². The first-order valence-corrected chi connectivity index (χ1v) is 12.6. The molecule has 0 aromatic carbocycles. The predicted octanol–water partition coefficient (Wildman–Crippen LogP) is 2.88. The zero-order valence-corrected chi connectivity index (χ0v) is 18.2. The van der Waals surface area contributed by atoms with Crippen LogP contribution < -0.4 is 5.32 Å². The van der Waals surface area contributed by atoms with E-state index in [0.29, 0.717) is 0 Å². The number of hydrogen-bond acceptors (Lipinski definition) is 6. The molecule has 0 saturated carbocycles. The van der Waals surface area contributed by atoms with Crippen LogP contribution in [0.25, 0.3) is 0 Å². The van der Waals surface area contributed by atoms with Crippen molar-refractivity contribution in [3.63, 3.8) is 0 Å². The maximum Gasteiger partial charge on any atom is 0.407 e. The normalized spacial score (nSPS) is 15.0. The van der Waals surface area contributed by atoms with Crippen LogP contribution >= 0.6 is 0 Å². The molecule has 1 amide bonds. The molecule has 9 heteroatoms. The molecule has 0 heterocycles. The average Bonchev–Trinajstić information content (AvgIpc) is 2.27. The summed E-state index contributed by atoms with van der Waals surface area (Å²) in [6.45, 7) is 15.6. The molecule has 24 heavy (non-hydrogen) atoms. The van der Waals surface area contributed by atoms with E-state index in [4.69, 9.17) is 13.3 Å². The zero-order valence-electron chi connectivity index (χ0n) is 16.3. The lowest BCUT2D eigenvalue weighted by atomic mass is 10.2. The molecule has 0 bridgehead atoms. The van der Waals surface area contributed by atoms with Crippen molar-refractivity contribution in [3.8, 4) is 0 Å². The van der Waals surface area contributed by atoms with Crippen molar-refractivity contribution >= 4 is 24.5 Å². The molecule has 0 aliphatic rings. The zero-order chi connectivity index (χ0) is 19.4. The Morgan fingerprint density at radius 3 is 2.00 bits per heavy atom. The van der Waals surface area contributed by atoms with Crippen molar-refractivity contribution in [1.82, 2.24) is 5.32 Å². The Morgan fingerprint density at radius 2 is 1.62 bits per heavy atom. The quantitative estimate of drug-likeness (QED) is 0.537. The predicted molar refractivity (Wildman–Crippen MR) is 97.1 cm³/mol. The molecular weight excluding hydrogens is 350 g/mol. The molecule has 7 nitrogen and oxygen atoms in total. The van der Waals surface area contributed by atoms with Gasteiger partial charge < -0.3 is 14.5 Å². The van der Waals surface area contributed by atoms with Gasteiger partial charge >= 0.3 is 6.09 Å². The SMILES string of the molecule is CC(C)(C)OC(=O)NCC(COS(C)(=O)=O)O[Si](C)(C)C(C)(C)C. The topological polar surface area (TPSA) is 90.9 Å². The summed E-state index contributed by atoms with van der Waals surface area (Å²) >= 11 is 0. The first-order valence-electron chi connectivity index (χ1n) is 7.92. The third-order valence-electron chi connectivity index (χ3n) is 3.61. The molecule has 0 radical (unpaired) electrons. The summed E-state index contributed by atoms with van der Waals surface area (Å²) in [5.41, 5.74) is -0.608. The standard InChI is InChI=1S/C15H33NO6SSi/c1-14(2,3)21-13(17)16-10-12(11-20-23(7,18)19)22-24(8,9)15(4,5)6/h12H,10-11H2,1-9H3,(H,16,17). The Bertz CT molecular complexity index is 519. The Labute approximate surface area is 147 Å². The molecule has 144 valence electrons. The van der Waals surface area contributed by atoms with Gasteiger partial charge in [-0.15, -0.1) is 0 Å². The summed E-state index contributed by atoms with van der Waals surface area (Å²) in [6.07, 6.45) is -0.170. The third-order valence-corrected chi connectivity index (χ3v) is 8.71. The minimum absolute atomic E-state index is 0.0533. The van der Waals surface area contributed by atoms with Gasteiger partial charge in [0, 0.05) is 6.54 Å². The van der Waals surface area contributed by atoms with Crippen molar-refractivity contribution in [2.75, 3.05) is 19.4 Å². The molecular formula is C15H33NO6SSi. The highest BCUT2D eigenvalue weighted by Gasteiger charge is 2.39. The smallest absolute Gasteiger partial charge is 0.407 e. The lowest BCUT2D eigenvalue weighted by molar-refractivity contribution is 0.0475. The van der Waals surface area contributed by atoms with Crippen LogP contribution in [0.3, 0.4) is 0 Å². The van der Waals surface area contributed by atoms with E-state index in [1.54, 1.807) is 20.8 Å². The summed E-state index contributed by atoms with van der Waals surface area (Å²) < 4.78 is 38.7. The fraction of sp³-hybridized carbons (Fsp3) is 0.933. The molecule has 0 aliphatic carbocycles. The highest BCUT2D eigenvalue weighted by atomic mass is 32.2. The summed E-state index contributed by atoms with van der Waals surface area (Å²) in [7, 11) is -5.74. The number of nitrogens with one attached hydrogen (secondary N) is 1. The second kappa shape index (κ2) is 8.16. The van der Waals surface area contributed by atoms with Gasteiger partial charge in [-0.25, -0.2) is 4.79 Å². The maximum atomic E-state index is 11.8. The molecule has 0 spiro atoms. The summed E-state index contributed by atoms with van der Waals surface area (Å²) in [5, 5.41) is 2.56. The fourth-order valence-electron chi connectivity index (χ4n) is 1.44. The van der Waals surface area contributed by atoms with Crippen molar-refractivity contribution in [3.05, 3.63) is 0 Å². The summed E-state index contributed by atoms with van der Waals surface area (Å²) in [6, 6.07) is 0. The van der Waals surface area contributed by atoms with E-state index in [-0.39, 0.29) is 18.2 Å². The number of hydrogen-bond donors (Lipinski definition) is 1. The van der Waals surface area contributed by atoms with Crippen LogP contribution in [0.2, 0.25) is 18.1 Å². The second-order valence-corrected chi connectivity index (χ2v) is 14.8. The van der Waals surface area contributed by atoms with Gasteiger partial charge in [0.2, 0.25) is 0 Å². The minimum atomic E-state index is -3.59. The Balaban J connectivity index is 4.91. The van der Waals surface area contributed by atoms with Crippen molar-refractivity contribution in [1.29, 1.82) is 0 Å². The Kier molecular flexibility index (Phi) is 7.94. The number of carbonyl (C=O) groups excluding carboxylic acids is 1. The van der Waals surface area contributed by atoms with Crippen LogP contribution in [0.15, 0.2) is 0 Å². The van der Waals surface area contributed by atoms with Gasteiger partial charge in [-0.3, -0.25) is 4.18 Å². The van der Waals surface area contributed by atoms with Gasteiger partial charge in [0.15, 0.2) is 8.32 Å². The highest BCUT2D eigenvalue weighted by molar-refractivity contribution is 7.85. The van der Waals surface area contributed by atoms with Crippen LogP contribution in [-0.2, 0) is 23.5 Å². The molecule has 0 aromatic rings. The van der Waals surface area contributed by atoms with Crippen LogP contribution in [0.4, 0.5) is 4.79 Å². The number of amides is 1. The average molecular weight is 384 g/mol. The van der Waals surface area contributed by atoms with Crippen LogP contribution in [0, 0.1) is 0 Å². The van der Waals surface area contributed by atoms with Crippen LogP contribution in [0.1, 0.15) is 41.5 Å².